The lowest BCUT2D eigenvalue weighted by molar-refractivity contribution is 0.198. The van der Waals surface area contributed by atoms with Crippen molar-refractivity contribution in [2.75, 3.05) is 26.2 Å². The van der Waals surface area contributed by atoms with Gasteiger partial charge in [-0.25, -0.2) is 0 Å². The van der Waals surface area contributed by atoms with E-state index >= 15 is 0 Å². The van der Waals surface area contributed by atoms with Gasteiger partial charge in [0.1, 0.15) is 0 Å². The number of hydrogen-bond acceptors (Lipinski definition) is 3. The minimum atomic E-state index is -3.31. The first kappa shape index (κ1) is 14.9. The molecule has 1 saturated heterocycles. The van der Waals surface area contributed by atoms with Gasteiger partial charge in [0.2, 0.25) is 0 Å². The van der Waals surface area contributed by atoms with Crippen molar-refractivity contribution in [3.8, 4) is 0 Å². The van der Waals surface area contributed by atoms with Crippen LogP contribution >= 0.6 is 0 Å². The van der Waals surface area contributed by atoms with Gasteiger partial charge >= 0.3 is 0 Å². The minimum Gasteiger partial charge on any atom is -0.330 e. The normalized spacial score (nSPS) is 27.6. The number of nitrogens with two attached hydrogens (primary N) is 1. The maximum Gasteiger partial charge on any atom is 0.282 e. The molecule has 2 N–H and O–H groups in total. The Kier molecular flexibility index (Phi) is 5.37. The van der Waals surface area contributed by atoms with E-state index in [0.29, 0.717) is 32.1 Å². The number of hydrogen-bond donors (Lipinski definition) is 1. The first-order chi connectivity index (χ1) is 7.97. The second kappa shape index (κ2) is 6.13. The summed E-state index contributed by atoms with van der Waals surface area (Å²) in [7, 11) is -3.31. The van der Waals surface area contributed by atoms with Crippen LogP contribution < -0.4 is 5.73 Å². The van der Waals surface area contributed by atoms with Gasteiger partial charge in [-0.15, -0.1) is 0 Å². The van der Waals surface area contributed by atoms with E-state index in [4.69, 9.17) is 5.73 Å². The molecule has 1 heterocycles. The zero-order chi connectivity index (χ0) is 13.1. The quantitative estimate of drug-likeness (QED) is 0.791. The molecule has 1 aliphatic heterocycles. The fourth-order valence-electron chi connectivity index (χ4n) is 2.36. The topological polar surface area (TPSA) is 66.6 Å². The third-order valence-electron chi connectivity index (χ3n) is 3.58. The molecule has 0 bridgehead atoms. The van der Waals surface area contributed by atoms with Gasteiger partial charge in [-0.1, -0.05) is 13.8 Å². The van der Waals surface area contributed by atoms with Crippen molar-refractivity contribution in [1.29, 1.82) is 0 Å². The maximum absolute atomic E-state index is 12.4. The molecule has 0 aromatic rings. The summed E-state index contributed by atoms with van der Waals surface area (Å²) in [4.78, 5) is 0. The minimum absolute atomic E-state index is 0.0865. The monoisotopic (exact) mass is 263 g/mol. The van der Waals surface area contributed by atoms with Crippen molar-refractivity contribution in [3.05, 3.63) is 0 Å². The van der Waals surface area contributed by atoms with Gasteiger partial charge in [-0.2, -0.15) is 17.0 Å². The molecule has 102 valence electrons. The van der Waals surface area contributed by atoms with Crippen molar-refractivity contribution in [3.63, 3.8) is 0 Å². The lowest BCUT2D eigenvalue weighted by atomic mass is 9.96. The molecule has 2 atom stereocenters. The zero-order valence-corrected chi connectivity index (χ0v) is 11.9. The largest absolute Gasteiger partial charge is 0.330 e. The molecule has 0 spiro atoms. The summed E-state index contributed by atoms with van der Waals surface area (Å²) in [6.07, 6.45) is 1.93. The molecular formula is C11H25N3O2S. The highest BCUT2D eigenvalue weighted by Gasteiger charge is 2.35. The summed E-state index contributed by atoms with van der Waals surface area (Å²) < 4.78 is 28.0. The zero-order valence-electron chi connectivity index (χ0n) is 11.1. The number of rotatable bonds is 5. The molecule has 17 heavy (non-hydrogen) atoms. The average Bonchev–Trinajstić information content (AvgIpc) is 2.30. The number of piperidine rings is 1. The Balaban J connectivity index is 2.88. The highest BCUT2D eigenvalue weighted by molar-refractivity contribution is 7.86. The van der Waals surface area contributed by atoms with Crippen LogP contribution in [0.15, 0.2) is 0 Å². The summed E-state index contributed by atoms with van der Waals surface area (Å²) in [6.45, 7) is 7.90. The maximum atomic E-state index is 12.4. The fourth-order valence-corrected chi connectivity index (χ4v) is 4.27. The molecule has 1 fully saturated rings. The van der Waals surface area contributed by atoms with Crippen LogP contribution in [-0.4, -0.2) is 49.2 Å². The standard InChI is InChI=1S/C11H25N3O2S/c1-4-13(5-2)17(15,16)14-9-11(8-12)7-6-10(14)3/h10-11H,4-9,12H2,1-3H3. The average molecular weight is 263 g/mol. The van der Waals surface area contributed by atoms with Crippen LogP contribution in [0.2, 0.25) is 0 Å². The molecule has 0 aromatic heterocycles. The van der Waals surface area contributed by atoms with Crippen molar-refractivity contribution in [1.82, 2.24) is 8.61 Å². The molecule has 0 amide bonds. The lowest BCUT2D eigenvalue weighted by Crippen LogP contribution is -2.52. The van der Waals surface area contributed by atoms with Crippen molar-refractivity contribution < 1.29 is 8.42 Å². The molecule has 1 aliphatic rings. The third-order valence-corrected chi connectivity index (χ3v) is 5.85. The molecule has 5 nitrogen and oxygen atoms in total. The van der Waals surface area contributed by atoms with E-state index in [1.54, 1.807) is 4.31 Å². The van der Waals surface area contributed by atoms with Crippen molar-refractivity contribution in [2.24, 2.45) is 11.7 Å². The highest BCUT2D eigenvalue weighted by atomic mass is 32.2. The second-order valence-electron chi connectivity index (χ2n) is 4.69. The fraction of sp³-hybridized carbons (Fsp3) is 1.00. The van der Waals surface area contributed by atoms with Crippen LogP contribution in [0.25, 0.3) is 0 Å². The summed E-state index contributed by atoms with van der Waals surface area (Å²) in [5.41, 5.74) is 5.66. The predicted molar refractivity (Wildman–Crippen MR) is 69.8 cm³/mol. The van der Waals surface area contributed by atoms with E-state index in [1.807, 2.05) is 20.8 Å². The van der Waals surface area contributed by atoms with Crippen LogP contribution in [0.3, 0.4) is 0 Å². The summed E-state index contributed by atoms with van der Waals surface area (Å²) in [5, 5.41) is 0. The molecule has 1 rings (SSSR count). The Morgan fingerprint density at radius 2 is 1.88 bits per heavy atom. The first-order valence-corrected chi connectivity index (χ1v) is 7.84. The Bertz CT molecular complexity index is 328. The highest BCUT2D eigenvalue weighted by Crippen LogP contribution is 2.25. The van der Waals surface area contributed by atoms with Gasteiger partial charge in [-0.05, 0) is 32.2 Å². The van der Waals surface area contributed by atoms with Gasteiger partial charge < -0.3 is 5.73 Å². The Morgan fingerprint density at radius 3 is 2.35 bits per heavy atom. The van der Waals surface area contributed by atoms with Gasteiger partial charge in [0, 0.05) is 25.7 Å². The summed E-state index contributed by atoms with van der Waals surface area (Å²) >= 11 is 0. The SMILES string of the molecule is CCN(CC)S(=O)(=O)N1CC(CN)CCC1C. The molecular weight excluding hydrogens is 238 g/mol. The van der Waals surface area contributed by atoms with Gasteiger partial charge in [0.25, 0.3) is 10.2 Å². The van der Waals surface area contributed by atoms with Crippen LogP contribution in [0.1, 0.15) is 33.6 Å². The third kappa shape index (κ3) is 3.19. The van der Waals surface area contributed by atoms with Gasteiger partial charge in [-0.3, -0.25) is 0 Å². The molecule has 0 saturated carbocycles. The van der Waals surface area contributed by atoms with E-state index in [2.05, 4.69) is 0 Å². The Hall–Kier alpha value is -0.170. The molecule has 6 heteroatoms. The first-order valence-electron chi connectivity index (χ1n) is 6.44. The van der Waals surface area contributed by atoms with Gasteiger partial charge in [0.15, 0.2) is 0 Å². The summed E-state index contributed by atoms with van der Waals surface area (Å²) in [6, 6.07) is 0.0865. The van der Waals surface area contributed by atoms with Crippen LogP contribution in [-0.2, 0) is 10.2 Å². The van der Waals surface area contributed by atoms with E-state index in [9.17, 15) is 8.42 Å². The molecule has 2 unspecified atom stereocenters. The van der Waals surface area contributed by atoms with E-state index in [1.165, 1.54) is 4.31 Å². The van der Waals surface area contributed by atoms with Crippen LogP contribution in [0, 0.1) is 5.92 Å². The Morgan fingerprint density at radius 1 is 1.29 bits per heavy atom. The van der Waals surface area contributed by atoms with Crippen LogP contribution in [0.5, 0.6) is 0 Å². The lowest BCUT2D eigenvalue weighted by Gasteiger charge is -2.39. The van der Waals surface area contributed by atoms with E-state index < -0.39 is 10.2 Å². The molecule has 0 aromatic carbocycles. The second-order valence-corrected chi connectivity index (χ2v) is 6.57. The number of nitrogens with zero attached hydrogens (tertiary/aromatic N) is 2. The predicted octanol–water partition coefficient (Wildman–Crippen LogP) is 0.632. The Labute approximate surface area is 105 Å². The smallest absolute Gasteiger partial charge is 0.282 e. The van der Waals surface area contributed by atoms with Gasteiger partial charge in [0.05, 0.1) is 0 Å². The van der Waals surface area contributed by atoms with Crippen molar-refractivity contribution in [2.45, 2.75) is 39.7 Å². The van der Waals surface area contributed by atoms with E-state index in [-0.39, 0.29) is 6.04 Å². The molecule has 0 radical (unpaired) electrons. The van der Waals surface area contributed by atoms with Crippen molar-refractivity contribution >= 4 is 10.2 Å². The van der Waals surface area contributed by atoms with E-state index in [0.717, 1.165) is 12.8 Å². The van der Waals surface area contributed by atoms with Crippen LogP contribution in [0.4, 0.5) is 0 Å². The molecule has 0 aliphatic carbocycles. The summed E-state index contributed by atoms with van der Waals surface area (Å²) in [5.74, 6) is 0.302.